The lowest BCUT2D eigenvalue weighted by atomic mass is 10.3. The van der Waals surface area contributed by atoms with Gasteiger partial charge in [0.25, 0.3) is 5.91 Å². The second kappa shape index (κ2) is 9.33. The number of likely N-dealkylation sites (N-methyl/N-ethyl adjacent to an activating group) is 2. The quantitative estimate of drug-likeness (QED) is 0.785. The molecule has 1 atom stereocenters. The Morgan fingerprint density at radius 1 is 1.45 bits per heavy atom. The molecule has 2 N–H and O–H groups in total. The predicted octanol–water partition coefficient (Wildman–Crippen LogP) is 1.73. The number of hydrogen-bond donors (Lipinski definition) is 2. The minimum Gasteiger partial charge on any atom is -0.353 e. The van der Waals surface area contributed by atoms with Crippen molar-refractivity contribution in [1.29, 1.82) is 0 Å². The molecule has 0 aliphatic heterocycles. The molecule has 5 nitrogen and oxygen atoms in total. The van der Waals surface area contributed by atoms with E-state index >= 15 is 0 Å². The zero-order valence-electron chi connectivity index (χ0n) is 11.6. The Morgan fingerprint density at radius 3 is 2.60 bits per heavy atom. The second-order valence-electron chi connectivity index (χ2n) is 4.26. The average molecular weight is 385 g/mol. The van der Waals surface area contributed by atoms with Gasteiger partial charge in [-0.25, -0.2) is 0 Å². The SMILES string of the molecule is CNC(C)CNC(=O)CN(C)C(=O)c1ccc(Br)s1.Cl. The molecule has 1 heterocycles. The Kier molecular flexibility index (Phi) is 9.04. The summed E-state index contributed by atoms with van der Waals surface area (Å²) in [5.74, 6) is -0.305. The van der Waals surface area contributed by atoms with Gasteiger partial charge in [-0.3, -0.25) is 9.59 Å². The predicted molar refractivity (Wildman–Crippen MR) is 87.8 cm³/mol. The summed E-state index contributed by atoms with van der Waals surface area (Å²) >= 11 is 4.67. The van der Waals surface area contributed by atoms with Gasteiger partial charge in [-0.15, -0.1) is 23.7 Å². The van der Waals surface area contributed by atoms with Gasteiger partial charge in [-0.05, 0) is 42.0 Å². The molecule has 0 fully saturated rings. The van der Waals surface area contributed by atoms with Crippen LogP contribution in [-0.4, -0.2) is 49.9 Å². The lowest BCUT2D eigenvalue weighted by Crippen LogP contribution is -2.42. The van der Waals surface area contributed by atoms with E-state index in [2.05, 4.69) is 26.6 Å². The van der Waals surface area contributed by atoms with Crippen molar-refractivity contribution >= 4 is 51.5 Å². The molecular formula is C12H19BrClN3O2S. The zero-order chi connectivity index (χ0) is 14.4. The van der Waals surface area contributed by atoms with Crippen molar-refractivity contribution in [3.05, 3.63) is 20.8 Å². The fourth-order valence-electron chi connectivity index (χ4n) is 1.33. The van der Waals surface area contributed by atoms with E-state index in [1.54, 1.807) is 13.1 Å². The standard InChI is InChI=1S/C12H18BrN3O2S.ClH/c1-8(14-2)6-15-11(17)7-16(3)12(18)9-4-5-10(13)19-9;/h4-5,8,14H,6-7H2,1-3H3,(H,15,17);1H. The van der Waals surface area contributed by atoms with E-state index in [1.165, 1.54) is 16.2 Å². The van der Waals surface area contributed by atoms with Crippen LogP contribution in [0.4, 0.5) is 0 Å². The van der Waals surface area contributed by atoms with Crippen molar-refractivity contribution in [2.45, 2.75) is 13.0 Å². The number of nitrogens with one attached hydrogen (secondary N) is 2. The molecule has 1 rings (SSSR count). The molecule has 114 valence electrons. The highest BCUT2D eigenvalue weighted by atomic mass is 79.9. The van der Waals surface area contributed by atoms with Crippen LogP contribution in [-0.2, 0) is 4.79 Å². The molecule has 1 aromatic heterocycles. The first-order valence-electron chi connectivity index (χ1n) is 5.88. The van der Waals surface area contributed by atoms with Gasteiger partial charge in [0.15, 0.2) is 0 Å². The lowest BCUT2D eigenvalue weighted by molar-refractivity contribution is -0.121. The number of hydrogen-bond acceptors (Lipinski definition) is 4. The number of amides is 2. The summed E-state index contributed by atoms with van der Waals surface area (Å²) in [4.78, 5) is 25.7. The van der Waals surface area contributed by atoms with E-state index in [4.69, 9.17) is 0 Å². The minimum absolute atomic E-state index is 0. The van der Waals surface area contributed by atoms with E-state index in [9.17, 15) is 9.59 Å². The summed E-state index contributed by atoms with van der Waals surface area (Å²) in [5.41, 5.74) is 0. The molecule has 0 saturated heterocycles. The van der Waals surface area contributed by atoms with E-state index in [0.29, 0.717) is 11.4 Å². The molecular weight excluding hydrogens is 366 g/mol. The van der Waals surface area contributed by atoms with Crippen molar-refractivity contribution < 1.29 is 9.59 Å². The van der Waals surface area contributed by atoms with Crippen molar-refractivity contribution in [3.8, 4) is 0 Å². The van der Waals surface area contributed by atoms with Crippen LogP contribution in [0.1, 0.15) is 16.6 Å². The van der Waals surface area contributed by atoms with Crippen LogP contribution in [0.15, 0.2) is 15.9 Å². The Hall–Kier alpha value is -0.630. The van der Waals surface area contributed by atoms with E-state index in [1.807, 2.05) is 20.0 Å². The van der Waals surface area contributed by atoms with Crippen molar-refractivity contribution in [3.63, 3.8) is 0 Å². The summed E-state index contributed by atoms with van der Waals surface area (Å²) in [6, 6.07) is 3.77. The number of nitrogens with zero attached hydrogens (tertiary/aromatic N) is 1. The van der Waals surface area contributed by atoms with E-state index in [-0.39, 0.29) is 36.8 Å². The van der Waals surface area contributed by atoms with Gasteiger partial charge in [0.2, 0.25) is 5.91 Å². The third-order valence-corrected chi connectivity index (χ3v) is 4.22. The highest BCUT2D eigenvalue weighted by Gasteiger charge is 2.16. The molecule has 0 bridgehead atoms. The number of halogens is 2. The normalized spacial score (nSPS) is 11.4. The van der Waals surface area contributed by atoms with Crippen LogP contribution in [0.5, 0.6) is 0 Å². The van der Waals surface area contributed by atoms with Crippen LogP contribution in [0, 0.1) is 0 Å². The molecule has 0 spiro atoms. The molecule has 0 aliphatic carbocycles. The summed E-state index contributed by atoms with van der Waals surface area (Å²) in [5, 5.41) is 5.80. The Bertz CT molecular complexity index is 456. The maximum atomic E-state index is 12.0. The van der Waals surface area contributed by atoms with Crippen LogP contribution in [0.2, 0.25) is 0 Å². The summed E-state index contributed by atoms with van der Waals surface area (Å²) < 4.78 is 0.900. The topological polar surface area (TPSA) is 61.4 Å². The van der Waals surface area contributed by atoms with Crippen LogP contribution >= 0.6 is 39.7 Å². The van der Waals surface area contributed by atoms with Crippen molar-refractivity contribution in [2.75, 3.05) is 27.2 Å². The Labute approximate surface area is 137 Å². The molecule has 2 amide bonds. The van der Waals surface area contributed by atoms with Gasteiger partial charge in [-0.2, -0.15) is 0 Å². The second-order valence-corrected chi connectivity index (χ2v) is 6.72. The first-order chi connectivity index (χ1) is 8.93. The minimum atomic E-state index is -0.159. The smallest absolute Gasteiger partial charge is 0.264 e. The third kappa shape index (κ3) is 6.21. The molecule has 1 aromatic rings. The monoisotopic (exact) mass is 383 g/mol. The first-order valence-corrected chi connectivity index (χ1v) is 7.49. The summed E-state index contributed by atoms with van der Waals surface area (Å²) in [6.07, 6.45) is 0. The Morgan fingerprint density at radius 2 is 2.10 bits per heavy atom. The van der Waals surface area contributed by atoms with Gasteiger partial charge in [-0.1, -0.05) is 0 Å². The molecule has 0 aliphatic rings. The number of rotatable bonds is 6. The van der Waals surface area contributed by atoms with Gasteiger partial charge < -0.3 is 15.5 Å². The van der Waals surface area contributed by atoms with Gasteiger partial charge in [0.05, 0.1) is 15.2 Å². The van der Waals surface area contributed by atoms with Crippen LogP contribution in [0.25, 0.3) is 0 Å². The van der Waals surface area contributed by atoms with Crippen molar-refractivity contribution in [2.24, 2.45) is 0 Å². The maximum absolute atomic E-state index is 12.0. The highest BCUT2D eigenvalue weighted by Crippen LogP contribution is 2.22. The van der Waals surface area contributed by atoms with E-state index < -0.39 is 0 Å². The first kappa shape index (κ1) is 19.4. The van der Waals surface area contributed by atoms with Gasteiger partial charge >= 0.3 is 0 Å². The summed E-state index contributed by atoms with van der Waals surface area (Å²) in [7, 11) is 3.46. The largest absolute Gasteiger partial charge is 0.353 e. The number of carbonyl (C=O) groups excluding carboxylic acids is 2. The molecule has 1 unspecified atom stereocenters. The fourth-order valence-corrected chi connectivity index (χ4v) is 2.71. The number of thiophene rings is 1. The number of carbonyl (C=O) groups is 2. The highest BCUT2D eigenvalue weighted by molar-refractivity contribution is 9.11. The van der Waals surface area contributed by atoms with Crippen LogP contribution < -0.4 is 10.6 Å². The molecule has 8 heteroatoms. The maximum Gasteiger partial charge on any atom is 0.264 e. The molecule has 0 saturated carbocycles. The third-order valence-electron chi connectivity index (χ3n) is 2.61. The zero-order valence-corrected chi connectivity index (χ0v) is 14.8. The molecule has 0 aromatic carbocycles. The Balaban J connectivity index is 0.00000361. The van der Waals surface area contributed by atoms with Gasteiger partial charge in [0, 0.05) is 19.6 Å². The summed E-state index contributed by atoms with van der Waals surface area (Å²) in [6.45, 7) is 2.57. The fraction of sp³-hybridized carbons (Fsp3) is 0.500. The molecule has 0 radical (unpaired) electrons. The lowest BCUT2D eigenvalue weighted by Gasteiger charge is -2.17. The van der Waals surface area contributed by atoms with E-state index in [0.717, 1.165) is 3.79 Å². The molecule has 20 heavy (non-hydrogen) atoms. The van der Waals surface area contributed by atoms with Gasteiger partial charge in [0.1, 0.15) is 0 Å². The van der Waals surface area contributed by atoms with Crippen LogP contribution in [0.3, 0.4) is 0 Å². The van der Waals surface area contributed by atoms with Crippen molar-refractivity contribution in [1.82, 2.24) is 15.5 Å². The average Bonchev–Trinajstić information content (AvgIpc) is 2.81.